The molecule has 0 spiro atoms. The summed E-state index contributed by atoms with van der Waals surface area (Å²) < 4.78 is 12.2. The molecule has 40 heavy (non-hydrogen) atoms. The molecular weight excluding hydrogens is 510 g/mol. The molecule has 1 unspecified atom stereocenters. The van der Waals surface area contributed by atoms with Gasteiger partial charge in [-0.05, 0) is 47.7 Å². The Bertz CT molecular complexity index is 1300. The van der Waals surface area contributed by atoms with Gasteiger partial charge in [-0.2, -0.15) is 5.10 Å². The van der Waals surface area contributed by atoms with Gasteiger partial charge in [0.2, 0.25) is 11.8 Å². The summed E-state index contributed by atoms with van der Waals surface area (Å²) in [5.74, 6) is 0.859. The molecule has 2 aromatic carbocycles. The van der Waals surface area contributed by atoms with E-state index in [4.69, 9.17) is 15.2 Å². The van der Waals surface area contributed by atoms with Gasteiger partial charge in [0.1, 0.15) is 18.7 Å². The summed E-state index contributed by atoms with van der Waals surface area (Å²) in [4.78, 5) is 34.5. The first-order valence-electron chi connectivity index (χ1n) is 13.5. The predicted octanol–water partition coefficient (Wildman–Crippen LogP) is 2.91. The van der Waals surface area contributed by atoms with Gasteiger partial charge in [0.25, 0.3) is 0 Å². The third-order valence-corrected chi connectivity index (χ3v) is 7.02. The van der Waals surface area contributed by atoms with E-state index in [9.17, 15) is 9.59 Å². The lowest BCUT2D eigenvalue weighted by Gasteiger charge is -2.24. The maximum absolute atomic E-state index is 13.3. The van der Waals surface area contributed by atoms with E-state index in [2.05, 4.69) is 25.7 Å². The first-order valence-corrected chi connectivity index (χ1v) is 13.5. The van der Waals surface area contributed by atoms with Crippen LogP contribution in [-0.2, 0) is 22.6 Å². The van der Waals surface area contributed by atoms with E-state index >= 15 is 0 Å². The fourth-order valence-corrected chi connectivity index (χ4v) is 4.98. The number of aliphatic imine (C=N–C) groups is 1. The van der Waals surface area contributed by atoms with Crippen LogP contribution in [0.25, 0.3) is 5.69 Å². The van der Waals surface area contributed by atoms with Crippen molar-refractivity contribution in [2.75, 3.05) is 14.2 Å². The lowest BCUT2D eigenvalue weighted by atomic mass is 9.84. The molecule has 1 aromatic heterocycles. The highest BCUT2D eigenvalue weighted by Crippen LogP contribution is 2.29. The van der Waals surface area contributed by atoms with Gasteiger partial charge in [-0.15, -0.1) is 0 Å². The molecule has 3 aromatic rings. The minimum Gasteiger partial charge on any atom is -0.493 e. The summed E-state index contributed by atoms with van der Waals surface area (Å²) in [6.45, 7) is 0.323. The van der Waals surface area contributed by atoms with Crippen LogP contribution in [-0.4, -0.2) is 52.8 Å². The zero-order valence-electron chi connectivity index (χ0n) is 23.0. The molecule has 1 aliphatic carbocycles. The Balaban J connectivity index is 1.41. The first kappa shape index (κ1) is 28.6. The van der Waals surface area contributed by atoms with Gasteiger partial charge in [-0.1, -0.05) is 50.3 Å². The third-order valence-electron chi connectivity index (χ3n) is 7.02. The van der Waals surface area contributed by atoms with E-state index in [0.29, 0.717) is 30.4 Å². The Hall–Kier alpha value is -4.41. The van der Waals surface area contributed by atoms with Crippen molar-refractivity contribution < 1.29 is 19.1 Å². The van der Waals surface area contributed by atoms with Gasteiger partial charge >= 0.3 is 0 Å². The van der Waals surface area contributed by atoms with Crippen molar-refractivity contribution in [1.82, 2.24) is 25.4 Å². The van der Waals surface area contributed by atoms with E-state index in [0.717, 1.165) is 42.5 Å². The fourth-order valence-electron chi connectivity index (χ4n) is 4.98. The standard InChI is InChI=1S/C29H37N7O4/c1-39-25-12-11-21(15-26(25)40-2)16-27(37)35-29(30)34-24(14-20-7-4-3-5-8-20)28(38)32-17-22-9-6-10-23(13-22)36-19-31-18-33-36/h6,9-13,15,18-20,24H,3-5,7-8,14,16-17H2,1-2H3,(H,32,38)(H3,30,34,35,37). The number of nitrogens with zero attached hydrogens (tertiary/aromatic N) is 4. The van der Waals surface area contributed by atoms with E-state index in [1.54, 1.807) is 36.3 Å². The number of carbonyl (C=O) groups excluding carboxylic acids is 2. The number of methoxy groups -OCH3 is 2. The molecule has 212 valence electrons. The smallest absolute Gasteiger partial charge is 0.245 e. The number of nitrogens with one attached hydrogen (secondary N) is 2. The zero-order valence-corrected chi connectivity index (χ0v) is 23.0. The van der Waals surface area contributed by atoms with Gasteiger partial charge in [0.05, 0.1) is 26.3 Å². The van der Waals surface area contributed by atoms with E-state index < -0.39 is 6.04 Å². The van der Waals surface area contributed by atoms with Crippen molar-refractivity contribution in [2.24, 2.45) is 16.6 Å². The largest absolute Gasteiger partial charge is 0.493 e. The summed E-state index contributed by atoms with van der Waals surface area (Å²) in [7, 11) is 3.09. The number of benzene rings is 2. The SMILES string of the molecule is COc1ccc(CC(=O)NC(N)=NC(CC2CCCCC2)C(=O)NCc2cccc(-n3cncn3)c2)cc1OC. The van der Waals surface area contributed by atoms with Crippen molar-refractivity contribution in [3.63, 3.8) is 0 Å². The Labute approximate surface area is 234 Å². The Morgan fingerprint density at radius 1 is 1.07 bits per heavy atom. The van der Waals surface area contributed by atoms with Crippen molar-refractivity contribution in [1.29, 1.82) is 0 Å². The van der Waals surface area contributed by atoms with Crippen molar-refractivity contribution in [3.05, 3.63) is 66.2 Å². The average molecular weight is 548 g/mol. The molecule has 11 nitrogen and oxygen atoms in total. The number of nitrogens with two attached hydrogens (primary N) is 1. The zero-order chi connectivity index (χ0) is 28.3. The summed E-state index contributed by atoms with van der Waals surface area (Å²) in [6.07, 6.45) is 9.37. The first-order chi connectivity index (χ1) is 19.4. The second-order valence-electron chi connectivity index (χ2n) is 9.91. The number of hydrogen-bond donors (Lipinski definition) is 3. The van der Waals surface area contributed by atoms with E-state index in [-0.39, 0.29) is 24.2 Å². The number of hydrogen-bond acceptors (Lipinski definition) is 7. The van der Waals surface area contributed by atoms with Crippen LogP contribution in [0.1, 0.15) is 49.7 Å². The molecule has 0 bridgehead atoms. The number of ether oxygens (including phenoxy) is 2. The van der Waals surface area contributed by atoms with Crippen LogP contribution in [0.5, 0.6) is 11.5 Å². The monoisotopic (exact) mass is 547 g/mol. The van der Waals surface area contributed by atoms with Crippen molar-refractivity contribution >= 4 is 17.8 Å². The summed E-state index contributed by atoms with van der Waals surface area (Å²) in [5.41, 5.74) is 8.63. The summed E-state index contributed by atoms with van der Waals surface area (Å²) >= 11 is 0. The summed E-state index contributed by atoms with van der Waals surface area (Å²) in [6, 6.07) is 12.3. The Morgan fingerprint density at radius 2 is 1.88 bits per heavy atom. The van der Waals surface area contributed by atoms with Crippen LogP contribution in [0.15, 0.2) is 60.1 Å². The van der Waals surface area contributed by atoms with Crippen LogP contribution >= 0.6 is 0 Å². The van der Waals surface area contributed by atoms with Crippen LogP contribution < -0.4 is 25.8 Å². The molecule has 2 amide bonds. The molecule has 4 rings (SSSR count). The minimum atomic E-state index is -0.706. The molecular formula is C29H37N7O4. The third kappa shape index (κ3) is 8.05. The lowest BCUT2D eigenvalue weighted by molar-refractivity contribution is -0.123. The topological polar surface area (TPSA) is 146 Å². The van der Waals surface area contributed by atoms with Crippen LogP contribution in [0.2, 0.25) is 0 Å². The molecule has 1 atom stereocenters. The van der Waals surface area contributed by atoms with E-state index in [1.165, 1.54) is 19.9 Å². The molecule has 1 heterocycles. The van der Waals surface area contributed by atoms with Crippen LogP contribution in [0.3, 0.4) is 0 Å². The fraction of sp³-hybridized carbons (Fsp3) is 0.414. The van der Waals surface area contributed by atoms with Gasteiger partial charge in [-0.3, -0.25) is 14.9 Å². The molecule has 0 aliphatic heterocycles. The molecule has 0 saturated heterocycles. The Morgan fingerprint density at radius 3 is 2.60 bits per heavy atom. The van der Waals surface area contributed by atoms with E-state index in [1.807, 2.05) is 24.3 Å². The second kappa shape index (κ2) is 14.1. The maximum Gasteiger partial charge on any atom is 0.245 e. The number of aromatic nitrogens is 3. The van der Waals surface area contributed by atoms with Gasteiger partial charge < -0.3 is 20.5 Å². The van der Waals surface area contributed by atoms with Crippen LogP contribution in [0, 0.1) is 5.92 Å². The minimum absolute atomic E-state index is 0.0676. The molecule has 1 aliphatic rings. The quantitative estimate of drug-likeness (QED) is 0.247. The highest BCUT2D eigenvalue weighted by Gasteiger charge is 2.25. The normalized spacial score (nSPS) is 14.8. The number of carbonyl (C=O) groups is 2. The molecule has 0 radical (unpaired) electrons. The number of rotatable bonds is 11. The lowest BCUT2D eigenvalue weighted by Crippen LogP contribution is -2.42. The second-order valence-corrected chi connectivity index (χ2v) is 9.91. The maximum atomic E-state index is 13.3. The van der Waals surface area contributed by atoms with Crippen molar-refractivity contribution in [2.45, 2.75) is 57.5 Å². The molecule has 11 heteroatoms. The van der Waals surface area contributed by atoms with Crippen LogP contribution in [0.4, 0.5) is 0 Å². The highest BCUT2D eigenvalue weighted by molar-refractivity contribution is 5.98. The molecule has 1 fully saturated rings. The van der Waals surface area contributed by atoms with Crippen molar-refractivity contribution in [3.8, 4) is 17.2 Å². The number of amides is 2. The highest BCUT2D eigenvalue weighted by atomic mass is 16.5. The molecule has 4 N–H and O–H groups in total. The Kier molecular flexibility index (Phi) is 10.1. The number of guanidine groups is 1. The summed E-state index contributed by atoms with van der Waals surface area (Å²) in [5, 5.41) is 9.79. The molecule has 1 saturated carbocycles. The average Bonchev–Trinajstić information content (AvgIpc) is 3.51. The van der Waals surface area contributed by atoms with Gasteiger partial charge in [-0.25, -0.2) is 14.7 Å². The van der Waals surface area contributed by atoms with Gasteiger partial charge in [0.15, 0.2) is 17.5 Å². The predicted molar refractivity (Wildman–Crippen MR) is 151 cm³/mol. The van der Waals surface area contributed by atoms with Gasteiger partial charge in [0, 0.05) is 6.54 Å².